The van der Waals surface area contributed by atoms with Crippen LogP contribution in [0.3, 0.4) is 0 Å². The molecule has 21 heavy (non-hydrogen) atoms. The van der Waals surface area contributed by atoms with Gasteiger partial charge in [-0.15, -0.1) is 0 Å². The van der Waals surface area contributed by atoms with Gasteiger partial charge in [0.2, 0.25) is 0 Å². The maximum atomic E-state index is 6.05. The summed E-state index contributed by atoms with van der Waals surface area (Å²) in [6.07, 6.45) is 3.70. The lowest BCUT2D eigenvalue weighted by Gasteiger charge is -2.28. The third-order valence-electron chi connectivity index (χ3n) is 4.56. The predicted octanol–water partition coefficient (Wildman–Crippen LogP) is 1.77. The van der Waals surface area contributed by atoms with Gasteiger partial charge in [0.05, 0.1) is 12.1 Å². The fourth-order valence-corrected chi connectivity index (χ4v) is 3.43. The fraction of sp³-hybridized carbons (Fsp3) is 0.500. The molecule has 0 aliphatic heterocycles. The van der Waals surface area contributed by atoms with Crippen LogP contribution in [0.4, 0.5) is 5.82 Å². The minimum Gasteiger partial charge on any atom is -0.383 e. The average molecular weight is 285 g/mol. The number of para-hydroxylation sites is 1. The molecule has 1 aliphatic rings. The molecule has 1 saturated carbocycles. The van der Waals surface area contributed by atoms with Gasteiger partial charge >= 0.3 is 0 Å². The van der Waals surface area contributed by atoms with E-state index in [1.54, 1.807) is 0 Å². The van der Waals surface area contributed by atoms with Gasteiger partial charge in [-0.05, 0) is 44.5 Å². The topological polar surface area (TPSA) is 81.1 Å². The van der Waals surface area contributed by atoms with Crippen LogP contribution in [0.5, 0.6) is 0 Å². The molecule has 2 unspecified atom stereocenters. The maximum Gasteiger partial charge on any atom is 0.145 e. The first kappa shape index (κ1) is 14.2. The Kier molecular flexibility index (Phi) is 4.03. The highest BCUT2D eigenvalue weighted by Gasteiger charge is 2.29. The predicted molar refractivity (Wildman–Crippen MR) is 85.6 cm³/mol. The van der Waals surface area contributed by atoms with Crippen molar-refractivity contribution in [2.75, 3.05) is 19.3 Å². The second-order valence-electron chi connectivity index (χ2n) is 5.95. The first-order chi connectivity index (χ1) is 10.2. The van der Waals surface area contributed by atoms with Crippen molar-refractivity contribution in [3.05, 3.63) is 30.1 Å². The van der Waals surface area contributed by atoms with Crippen molar-refractivity contribution in [1.82, 2.24) is 14.9 Å². The Hall–Kier alpha value is -1.72. The number of benzene rings is 1. The quantitative estimate of drug-likeness (QED) is 0.895. The largest absolute Gasteiger partial charge is 0.383 e. The van der Waals surface area contributed by atoms with Crippen LogP contribution in [0.1, 0.15) is 25.1 Å². The van der Waals surface area contributed by atoms with Crippen LogP contribution in [0.15, 0.2) is 24.3 Å². The van der Waals surface area contributed by atoms with Crippen LogP contribution in [0.25, 0.3) is 10.9 Å². The van der Waals surface area contributed by atoms with Crippen LogP contribution < -0.4 is 11.5 Å². The Morgan fingerprint density at radius 1 is 1.24 bits per heavy atom. The van der Waals surface area contributed by atoms with Crippen LogP contribution >= 0.6 is 0 Å². The van der Waals surface area contributed by atoms with Crippen molar-refractivity contribution in [1.29, 1.82) is 0 Å². The summed E-state index contributed by atoms with van der Waals surface area (Å²) in [4.78, 5) is 11.4. The van der Waals surface area contributed by atoms with Gasteiger partial charge in [0.25, 0.3) is 0 Å². The van der Waals surface area contributed by atoms with Crippen molar-refractivity contribution >= 4 is 16.7 Å². The summed E-state index contributed by atoms with van der Waals surface area (Å²) in [7, 11) is 2.13. The maximum absolute atomic E-state index is 6.05. The number of nitrogen functional groups attached to an aromatic ring is 1. The van der Waals surface area contributed by atoms with E-state index in [9.17, 15) is 0 Å². The molecule has 0 spiro atoms. The zero-order chi connectivity index (χ0) is 14.8. The van der Waals surface area contributed by atoms with E-state index < -0.39 is 0 Å². The molecular weight excluding hydrogens is 262 g/mol. The summed E-state index contributed by atoms with van der Waals surface area (Å²) in [6, 6.07) is 8.41. The monoisotopic (exact) mass is 285 g/mol. The molecule has 112 valence electrons. The highest BCUT2D eigenvalue weighted by atomic mass is 15.2. The molecule has 1 heterocycles. The molecule has 1 aromatic carbocycles. The Labute approximate surface area is 125 Å². The number of nitrogens with zero attached hydrogens (tertiary/aromatic N) is 3. The van der Waals surface area contributed by atoms with Crippen molar-refractivity contribution in [2.24, 2.45) is 11.7 Å². The van der Waals surface area contributed by atoms with Crippen LogP contribution in [-0.2, 0) is 6.54 Å². The highest BCUT2D eigenvalue weighted by Crippen LogP contribution is 2.29. The summed E-state index contributed by atoms with van der Waals surface area (Å²) in [6.45, 7) is 1.48. The Balaban J connectivity index is 1.81. The lowest BCUT2D eigenvalue weighted by atomic mass is 10.0. The molecule has 2 aromatic rings. The standard InChI is InChI=1S/C16H23N5/c1-21(14-8-4-5-11(14)9-17)10-15-19-13-7-3-2-6-12(13)16(18)20-15/h2-3,6-7,11,14H,4-5,8-10,17H2,1H3,(H2,18,19,20). The van der Waals surface area contributed by atoms with Gasteiger partial charge in [-0.2, -0.15) is 0 Å². The molecule has 3 rings (SSSR count). The van der Waals surface area contributed by atoms with Gasteiger partial charge in [0.1, 0.15) is 11.6 Å². The first-order valence-electron chi connectivity index (χ1n) is 7.60. The molecule has 0 bridgehead atoms. The molecule has 1 fully saturated rings. The molecule has 0 radical (unpaired) electrons. The fourth-order valence-electron chi connectivity index (χ4n) is 3.43. The van der Waals surface area contributed by atoms with E-state index in [0.29, 0.717) is 17.8 Å². The zero-order valence-electron chi connectivity index (χ0n) is 12.5. The van der Waals surface area contributed by atoms with E-state index in [-0.39, 0.29) is 0 Å². The molecular formula is C16H23N5. The van der Waals surface area contributed by atoms with E-state index in [1.165, 1.54) is 19.3 Å². The molecule has 0 amide bonds. The molecule has 5 nitrogen and oxygen atoms in total. The summed E-state index contributed by atoms with van der Waals surface area (Å²) in [5, 5.41) is 0.921. The van der Waals surface area contributed by atoms with Gasteiger partial charge < -0.3 is 11.5 Å². The van der Waals surface area contributed by atoms with E-state index in [0.717, 1.165) is 29.8 Å². The SMILES string of the molecule is CN(Cc1nc(N)c2ccccc2n1)C1CCCC1CN. The number of hydrogen-bond acceptors (Lipinski definition) is 5. The molecule has 1 aromatic heterocycles. The third-order valence-corrected chi connectivity index (χ3v) is 4.56. The minimum atomic E-state index is 0.534. The Morgan fingerprint density at radius 2 is 2.05 bits per heavy atom. The second-order valence-corrected chi connectivity index (χ2v) is 5.95. The first-order valence-corrected chi connectivity index (χ1v) is 7.60. The Morgan fingerprint density at radius 3 is 2.86 bits per heavy atom. The van der Waals surface area contributed by atoms with Crippen LogP contribution in [-0.4, -0.2) is 34.5 Å². The number of anilines is 1. The molecule has 2 atom stereocenters. The lowest BCUT2D eigenvalue weighted by molar-refractivity contribution is 0.189. The van der Waals surface area contributed by atoms with Crippen molar-refractivity contribution in [2.45, 2.75) is 31.8 Å². The normalized spacial score (nSPS) is 22.2. The lowest BCUT2D eigenvalue weighted by Crippen LogP contribution is -2.37. The van der Waals surface area contributed by atoms with Gasteiger partial charge in [-0.25, -0.2) is 9.97 Å². The second kappa shape index (κ2) is 5.95. The van der Waals surface area contributed by atoms with E-state index in [1.807, 2.05) is 24.3 Å². The summed E-state index contributed by atoms with van der Waals surface area (Å²) in [5.74, 6) is 1.94. The number of rotatable bonds is 4. The summed E-state index contributed by atoms with van der Waals surface area (Å²) >= 11 is 0. The third kappa shape index (κ3) is 2.84. The number of fused-ring (bicyclic) bond motifs is 1. The summed E-state index contributed by atoms with van der Waals surface area (Å²) in [5.41, 5.74) is 12.8. The van der Waals surface area contributed by atoms with Gasteiger partial charge in [-0.3, -0.25) is 4.90 Å². The van der Waals surface area contributed by atoms with Gasteiger partial charge in [-0.1, -0.05) is 18.6 Å². The van der Waals surface area contributed by atoms with Gasteiger partial charge in [0.15, 0.2) is 0 Å². The highest BCUT2D eigenvalue weighted by molar-refractivity contribution is 5.87. The Bertz CT molecular complexity index is 627. The average Bonchev–Trinajstić information content (AvgIpc) is 2.96. The molecule has 5 heteroatoms. The zero-order valence-corrected chi connectivity index (χ0v) is 12.5. The molecule has 1 aliphatic carbocycles. The molecule has 0 saturated heterocycles. The molecule has 4 N–H and O–H groups in total. The number of aromatic nitrogens is 2. The number of nitrogens with two attached hydrogens (primary N) is 2. The number of hydrogen-bond donors (Lipinski definition) is 2. The van der Waals surface area contributed by atoms with Crippen molar-refractivity contribution < 1.29 is 0 Å². The van der Waals surface area contributed by atoms with Gasteiger partial charge in [0, 0.05) is 11.4 Å². The van der Waals surface area contributed by atoms with Crippen molar-refractivity contribution in [3.63, 3.8) is 0 Å². The van der Waals surface area contributed by atoms with Crippen LogP contribution in [0, 0.1) is 5.92 Å². The minimum absolute atomic E-state index is 0.534. The van der Waals surface area contributed by atoms with E-state index in [2.05, 4.69) is 21.9 Å². The van der Waals surface area contributed by atoms with E-state index >= 15 is 0 Å². The van der Waals surface area contributed by atoms with Crippen molar-refractivity contribution in [3.8, 4) is 0 Å². The summed E-state index contributed by atoms with van der Waals surface area (Å²) < 4.78 is 0. The van der Waals surface area contributed by atoms with E-state index in [4.69, 9.17) is 11.5 Å². The van der Waals surface area contributed by atoms with Crippen LogP contribution in [0.2, 0.25) is 0 Å². The smallest absolute Gasteiger partial charge is 0.145 e.